The normalized spacial score (nSPS) is 13.7. The first-order valence-corrected chi connectivity index (χ1v) is 10.3. The molecule has 7 nitrogen and oxygen atoms in total. The molecule has 5 rings (SSSR count). The van der Waals surface area contributed by atoms with Crippen molar-refractivity contribution < 1.29 is 5.11 Å². The van der Waals surface area contributed by atoms with Crippen molar-refractivity contribution >= 4 is 28.0 Å². The summed E-state index contributed by atoms with van der Waals surface area (Å²) in [6.45, 7) is 3.43. The Balaban J connectivity index is 1.72. The van der Waals surface area contributed by atoms with Gasteiger partial charge in [0, 0.05) is 49.9 Å². The number of fused-ring (bicyclic) bond motifs is 2. The van der Waals surface area contributed by atoms with E-state index < -0.39 is 0 Å². The number of H-pyrrole nitrogens is 1. The Kier molecular flexibility index (Phi) is 4.55. The monoisotopic (exact) mass is 415 g/mol. The van der Waals surface area contributed by atoms with Crippen LogP contribution in [0.15, 0.2) is 53.6 Å². The van der Waals surface area contributed by atoms with Crippen molar-refractivity contribution in [2.75, 3.05) is 29.9 Å². The predicted octanol–water partition coefficient (Wildman–Crippen LogP) is 3.32. The van der Waals surface area contributed by atoms with Crippen molar-refractivity contribution in [3.63, 3.8) is 0 Å². The van der Waals surface area contributed by atoms with E-state index in [0.717, 1.165) is 57.7 Å². The minimum Gasteiger partial charge on any atom is -0.392 e. The van der Waals surface area contributed by atoms with Gasteiger partial charge in [-0.2, -0.15) is 5.10 Å². The molecule has 0 aliphatic carbocycles. The van der Waals surface area contributed by atoms with E-state index in [1.165, 1.54) is 0 Å². The van der Waals surface area contributed by atoms with E-state index in [4.69, 9.17) is 0 Å². The highest BCUT2D eigenvalue weighted by Crippen LogP contribution is 2.43. The molecule has 1 aliphatic rings. The van der Waals surface area contributed by atoms with Crippen LogP contribution in [0, 0.1) is 6.92 Å². The van der Waals surface area contributed by atoms with Crippen LogP contribution in [0.1, 0.15) is 11.1 Å². The SMILES string of the molecule is Cc1cc2c(N3CCN(C)c4cc(-c5cnn(C)c5)c(CO)cc43)cccc2[nH]c1=O. The lowest BCUT2D eigenvalue weighted by atomic mass is 9.98. The zero-order valence-corrected chi connectivity index (χ0v) is 17.9. The van der Waals surface area contributed by atoms with Gasteiger partial charge < -0.3 is 19.9 Å². The first-order valence-electron chi connectivity index (χ1n) is 10.3. The minimum atomic E-state index is -0.0629. The topological polar surface area (TPSA) is 77.4 Å². The number of nitrogens with one attached hydrogen (secondary N) is 1. The van der Waals surface area contributed by atoms with E-state index >= 15 is 0 Å². The smallest absolute Gasteiger partial charge is 0.251 e. The number of anilines is 3. The summed E-state index contributed by atoms with van der Waals surface area (Å²) in [5, 5.41) is 15.5. The fourth-order valence-corrected chi connectivity index (χ4v) is 4.40. The fraction of sp³-hybridized carbons (Fsp3) is 0.250. The average molecular weight is 415 g/mol. The van der Waals surface area contributed by atoms with E-state index in [1.807, 2.05) is 44.6 Å². The zero-order valence-electron chi connectivity index (χ0n) is 17.9. The third kappa shape index (κ3) is 3.18. The standard InChI is InChI=1S/C24H25N5O2/c1-15-9-19-20(26-24(15)31)5-4-6-21(19)29-8-7-27(2)22-11-18(16(14-30)10-23(22)29)17-12-25-28(3)13-17/h4-6,9-13,30H,7-8,14H2,1-3H3,(H,26,31). The van der Waals surface area contributed by atoms with Crippen LogP contribution in [0.25, 0.3) is 22.0 Å². The molecule has 0 saturated heterocycles. The largest absolute Gasteiger partial charge is 0.392 e. The number of aliphatic hydroxyl groups is 1. The van der Waals surface area contributed by atoms with Crippen LogP contribution in [0.5, 0.6) is 0 Å². The van der Waals surface area contributed by atoms with Crippen molar-refractivity contribution in [3.8, 4) is 11.1 Å². The van der Waals surface area contributed by atoms with Gasteiger partial charge in [0.1, 0.15) is 0 Å². The Bertz CT molecular complexity index is 1350. The number of nitrogens with zero attached hydrogens (tertiary/aromatic N) is 4. The van der Waals surface area contributed by atoms with Crippen molar-refractivity contribution in [3.05, 3.63) is 70.3 Å². The highest BCUT2D eigenvalue weighted by molar-refractivity contribution is 5.97. The van der Waals surface area contributed by atoms with Gasteiger partial charge in [-0.3, -0.25) is 9.48 Å². The number of hydrogen-bond donors (Lipinski definition) is 2. The summed E-state index contributed by atoms with van der Waals surface area (Å²) in [4.78, 5) is 19.6. The summed E-state index contributed by atoms with van der Waals surface area (Å²) in [6, 6.07) is 12.2. The van der Waals surface area contributed by atoms with Crippen LogP contribution in [0.2, 0.25) is 0 Å². The number of benzene rings is 2. The van der Waals surface area contributed by atoms with Crippen molar-refractivity contribution in [1.29, 1.82) is 0 Å². The van der Waals surface area contributed by atoms with Gasteiger partial charge in [-0.15, -0.1) is 0 Å². The van der Waals surface area contributed by atoms with Gasteiger partial charge in [-0.05, 0) is 48.4 Å². The van der Waals surface area contributed by atoms with Crippen LogP contribution in [0.3, 0.4) is 0 Å². The van der Waals surface area contributed by atoms with Crippen molar-refractivity contribution in [2.24, 2.45) is 7.05 Å². The molecular formula is C24H25N5O2. The number of aryl methyl sites for hydroxylation is 2. The Morgan fingerprint density at radius 3 is 2.68 bits per heavy atom. The second-order valence-electron chi connectivity index (χ2n) is 8.15. The van der Waals surface area contributed by atoms with Crippen LogP contribution in [-0.2, 0) is 13.7 Å². The predicted molar refractivity (Wildman–Crippen MR) is 124 cm³/mol. The number of aromatic nitrogens is 3. The molecule has 0 spiro atoms. The van der Waals surface area contributed by atoms with Crippen molar-refractivity contribution in [1.82, 2.24) is 14.8 Å². The van der Waals surface area contributed by atoms with Gasteiger partial charge in [-0.25, -0.2) is 0 Å². The van der Waals surface area contributed by atoms with Gasteiger partial charge in [0.2, 0.25) is 0 Å². The fourth-order valence-electron chi connectivity index (χ4n) is 4.40. The van der Waals surface area contributed by atoms with Gasteiger partial charge in [0.15, 0.2) is 0 Å². The summed E-state index contributed by atoms with van der Waals surface area (Å²) in [5.41, 5.74) is 7.47. The van der Waals surface area contributed by atoms with Crippen LogP contribution in [0.4, 0.5) is 17.1 Å². The first kappa shape index (κ1) is 19.4. The molecular weight excluding hydrogens is 390 g/mol. The second kappa shape index (κ2) is 7.28. The zero-order chi connectivity index (χ0) is 21.7. The number of hydrogen-bond acceptors (Lipinski definition) is 5. The summed E-state index contributed by atoms with van der Waals surface area (Å²) < 4.78 is 1.77. The van der Waals surface area contributed by atoms with E-state index in [1.54, 1.807) is 4.68 Å². The molecule has 4 aromatic rings. The second-order valence-corrected chi connectivity index (χ2v) is 8.15. The summed E-state index contributed by atoms with van der Waals surface area (Å²) in [7, 11) is 3.98. The molecule has 31 heavy (non-hydrogen) atoms. The Hall–Kier alpha value is -3.58. The maximum atomic E-state index is 12.1. The molecule has 0 bridgehead atoms. The first-order chi connectivity index (χ1) is 15.0. The third-order valence-electron chi connectivity index (χ3n) is 6.09. The lowest BCUT2D eigenvalue weighted by Crippen LogP contribution is -2.36. The molecule has 1 aliphatic heterocycles. The molecule has 3 heterocycles. The highest BCUT2D eigenvalue weighted by Gasteiger charge is 2.25. The molecule has 0 saturated carbocycles. The highest BCUT2D eigenvalue weighted by atomic mass is 16.3. The molecule has 0 fully saturated rings. The maximum Gasteiger partial charge on any atom is 0.251 e. The summed E-state index contributed by atoms with van der Waals surface area (Å²) >= 11 is 0. The average Bonchev–Trinajstić information content (AvgIpc) is 3.20. The molecule has 0 radical (unpaired) electrons. The van der Waals surface area contributed by atoms with Gasteiger partial charge in [-0.1, -0.05) is 6.07 Å². The molecule has 2 aromatic carbocycles. The Morgan fingerprint density at radius 1 is 1.10 bits per heavy atom. The van der Waals surface area contributed by atoms with Gasteiger partial charge in [0.05, 0.1) is 35.4 Å². The van der Waals surface area contributed by atoms with Crippen molar-refractivity contribution in [2.45, 2.75) is 13.5 Å². The van der Waals surface area contributed by atoms with Gasteiger partial charge in [0.25, 0.3) is 5.56 Å². The molecule has 2 aromatic heterocycles. The molecule has 0 unspecified atom stereocenters. The Labute approximate surface area is 180 Å². The van der Waals surface area contributed by atoms with E-state index in [0.29, 0.717) is 5.56 Å². The third-order valence-corrected chi connectivity index (χ3v) is 6.09. The van der Waals surface area contributed by atoms with Gasteiger partial charge >= 0.3 is 0 Å². The Morgan fingerprint density at radius 2 is 1.94 bits per heavy atom. The van der Waals surface area contributed by atoms with E-state index in [2.05, 4.69) is 45.1 Å². The number of aliphatic hydroxyl groups excluding tert-OH is 1. The molecule has 0 atom stereocenters. The lowest BCUT2D eigenvalue weighted by Gasteiger charge is -2.38. The molecule has 158 valence electrons. The number of likely N-dealkylation sites (N-methyl/N-ethyl adjacent to an activating group) is 1. The van der Waals surface area contributed by atoms with Crippen LogP contribution >= 0.6 is 0 Å². The molecule has 0 amide bonds. The number of rotatable bonds is 3. The van der Waals surface area contributed by atoms with E-state index in [9.17, 15) is 9.90 Å². The van der Waals surface area contributed by atoms with Crippen LogP contribution in [-0.4, -0.2) is 40.0 Å². The molecule has 7 heteroatoms. The molecule has 2 N–H and O–H groups in total. The number of aromatic amines is 1. The number of pyridine rings is 1. The summed E-state index contributed by atoms with van der Waals surface area (Å²) in [6.07, 6.45) is 3.79. The quantitative estimate of drug-likeness (QED) is 0.537. The minimum absolute atomic E-state index is 0.0585. The van der Waals surface area contributed by atoms with Crippen LogP contribution < -0.4 is 15.4 Å². The summed E-state index contributed by atoms with van der Waals surface area (Å²) in [5.74, 6) is 0. The maximum absolute atomic E-state index is 12.1. The lowest BCUT2D eigenvalue weighted by molar-refractivity contribution is 0.282. The van der Waals surface area contributed by atoms with E-state index in [-0.39, 0.29) is 12.2 Å².